The summed E-state index contributed by atoms with van der Waals surface area (Å²) in [5.74, 6) is -2.53. The van der Waals surface area contributed by atoms with Gasteiger partial charge in [0.1, 0.15) is 17.2 Å². The number of hydrogen-bond donors (Lipinski definition) is 3. The number of carbonyl (C=O) groups is 1. The summed E-state index contributed by atoms with van der Waals surface area (Å²) < 4.78 is 41.6. The second kappa shape index (κ2) is 12.4. The van der Waals surface area contributed by atoms with Crippen LogP contribution in [0.25, 0.3) is 0 Å². The summed E-state index contributed by atoms with van der Waals surface area (Å²) >= 11 is 0. The molecule has 37 heavy (non-hydrogen) atoms. The second-order valence-electron chi connectivity index (χ2n) is 8.96. The molecule has 0 radical (unpaired) electrons. The Kier molecular flexibility index (Phi) is 9.25. The third kappa shape index (κ3) is 7.07. The van der Waals surface area contributed by atoms with Crippen molar-refractivity contribution >= 4 is 17.4 Å². The minimum Gasteiger partial charge on any atom is -0.365 e. The molecule has 1 aromatic heterocycles. The van der Waals surface area contributed by atoms with Crippen molar-refractivity contribution in [2.24, 2.45) is 10.7 Å². The molecule has 1 aromatic carbocycles. The predicted molar refractivity (Wildman–Crippen MR) is 134 cm³/mol. The first-order valence-electron chi connectivity index (χ1n) is 12.0. The quantitative estimate of drug-likeness (QED) is 0.299. The number of allylic oxidation sites excluding steroid dienone is 1. The van der Waals surface area contributed by atoms with E-state index >= 15 is 0 Å². The lowest BCUT2D eigenvalue weighted by Crippen LogP contribution is -2.43. The van der Waals surface area contributed by atoms with Gasteiger partial charge in [-0.25, -0.2) is 13.8 Å². The molecule has 2 aromatic rings. The normalized spacial score (nSPS) is 20.1. The Labute approximate surface area is 213 Å². The fourth-order valence-electron chi connectivity index (χ4n) is 4.38. The van der Waals surface area contributed by atoms with E-state index in [2.05, 4.69) is 33.4 Å². The Morgan fingerprint density at radius 3 is 2.73 bits per heavy atom. The van der Waals surface area contributed by atoms with Gasteiger partial charge < -0.3 is 16.4 Å². The number of primary amides is 1. The van der Waals surface area contributed by atoms with Gasteiger partial charge in [0, 0.05) is 42.3 Å². The smallest absolute Gasteiger partial charge is 0.254 e. The van der Waals surface area contributed by atoms with Gasteiger partial charge in [0.05, 0.1) is 18.0 Å². The summed E-state index contributed by atoms with van der Waals surface area (Å²) in [6, 6.07) is 5.79. The topological polar surface area (TPSA) is 121 Å². The van der Waals surface area contributed by atoms with Crippen molar-refractivity contribution in [3.63, 3.8) is 0 Å². The molecule has 1 fully saturated rings. The first-order chi connectivity index (χ1) is 17.7. The van der Waals surface area contributed by atoms with Crippen LogP contribution in [0.5, 0.6) is 0 Å². The Bertz CT molecular complexity index is 1240. The lowest BCUT2D eigenvalue weighted by Gasteiger charge is -2.39. The molecule has 1 aliphatic carbocycles. The third-order valence-electron chi connectivity index (χ3n) is 6.49. The summed E-state index contributed by atoms with van der Waals surface area (Å²) in [7, 11) is 0. The van der Waals surface area contributed by atoms with E-state index in [4.69, 9.17) is 5.73 Å². The molecule has 11 heteroatoms. The summed E-state index contributed by atoms with van der Waals surface area (Å²) in [6.07, 6.45) is 7.57. The maximum atomic E-state index is 14.0. The van der Waals surface area contributed by atoms with E-state index in [1.807, 2.05) is 6.92 Å². The van der Waals surface area contributed by atoms with E-state index in [1.165, 1.54) is 24.5 Å². The van der Waals surface area contributed by atoms with Crippen molar-refractivity contribution in [3.05, 3.63) is 72.0 Å². The zero-order valence-electron chi connectivity index (χ0n) is 20.6. The first kappa shape index (κ1) is 27.7. The number of nitrogens with one attached hydrogen (secondary N) is 2. The number of amides is 1. The molecular formula is C26H30F3N7O. The van der Waals surface area contributed by atoms with Crippen LogP contribution < -0.4 is 16.4 Å². The molecule has 0 saturated heterocycles. The van der Waals surface area contributed by atoms with Crippen LogP contribution in [0.1, 0.15) is 61.4 Å². The van der Waals surface area contributed by atoms with E-state index in [-0.39, 0.29) is 30.4 Å². The second-order valence-corrected chi connectivity index (χ2v) is 8.96. The molecule has 1 heterocycles. The van der Waals surface area contributed by atoms with Crippen LogP contribution in [0.15, 0.2) is 54.2 Å². The molecule has 0 spiro atoms. The van der Waals surface area contributed by atoms with Crippen LogP contribution in [0.3, 0.4) is 0 Å². The van der Waals surface area contributed by atoms with Crippen LogP contribution in [0.4, 0.5) is 19.0 Å². The molecule has 1 amide bonds. The fourth-order valence-corrected chi connectivity index (χ4v) is 4.38. The lowest BCUT2D eigenvalue weighted by atomic mass is 9.77. The highest BCUT2D eigenvalue weighted by molar-refractivity contribution is 6.01. The van der Waals surface area contributed by atoms with Gasteiger partial charge in [-0.1, -0.05) is 13.0 Å². The van der Waals surface area contributed by atoms with Crippen molar-refractivity contribution in [1.82, 2.24) is 20.4 Å². The van der Waals surface area contributed by atoms with Crippen LogP contribution >= 0.6 is 0 Å². The monoisotopic (exact) mass is 513 g/mol. The molecule has 3 rings (SSSR count). The summed E-state index contributed by atoms with van der Waals surface area (Å²) in [6.45, 7) is 5.21. The number of rotatable bonds is 11. The number of halogens is 3. The van der Waals surface area contributed by atoms with Gasteiger partial charge in [-0.05, 0) is 50.8 Å². The SMILES string of the molecule is C=C(F)NC=CC(CC)=Nc1nn(C2(CC#N)CCC(NCc3ccc(F)cc3F)CC2)cc1C(N)=O. The van der Waals surface area contributed by atoms with Crippen molar-refractivity contribution in [2.45, 2.75) is 63.6 Å². The third-order valence-corrected chi connectivity index (χ3v) is 6.49. The number of aliphatic imine (C=N–C) groups is 1. The molecule has 1 saturated carbocycles. The molecule has 0 bridgehead atoms. The standard InChI is InChI=1S/C26H30F3N7O/c1-3-20(8-13-32-17(2)27)34-25-22(24(31)37)16-36(35-25)26(11-12-30)9-6-21(7-10-26)33-15-18-4-5-19(28)14-23(18)29/h4-5,8,13-14,16,21,32-33H,2-3,6-7,9-11,15H2,1H3,(H2,31,37). The number of nitriles is 1. The number of hydrogen-bond acceptors (Lipinski definition) is 6. The van der Waals surface area contributed by atoms with Crippen LogP contribution in [-0.2, 0) is 12.1 Å². The van der Waals surface area contributed by atoms with E-state index < -0.39 is 29.0 Å². The Hall–Kier alpha value is -3.91. The minimum absolute atomic E-state index is 0.0644. The lowest BCUT2D eigenvalue weighted by molar-refractivity contribution is 0.1000. The number of nitrogens with two attached hydrogens (primary N) is 1. The predicted octanol–water partition coefficient (Wildman–Crippen LogP) is 4.63. The van der Waals surface area contributed by atoms with Gasteiger partial charge in [-0.15, -0.1) is 0 Å². The molecule has 1 aliphatic rings. The highest BCUT2D eigenvalue weighted by Gasteiger charge is 2.38. The highest BCUT2D eigenvalue weighted by atomic mass is 19.1. The largest absolute Gasteiger partial charge is 0.365 e. The van der Waals surface area contributed by atoms with Gasteiger partial charge >= 0.3 is 0 Å². The summed E-state index contributed by atoms with van der Waals surface area (Å²) in [5, 5.41) is 19.7. The molecule has 0 atom stereocenters. The highest BCUT2D eigenvalue weighted by Crippen LogP contribution is 2.39. The summed E-state index contributed by atoms with van der Waals surface area (Å²) in [4.78, 5) is 16.6. The average Bonchev–Trinajstić information content (AvgIpc) is 3.28. The molecule has 4 N–H and O–H groups in total. The van der Waals surface area contributed by atoms with E-state index in [0.29, 0.717) is 43.4 Å². The zero-order chi connectivity index (χ0) is 27.0. The molecule has 196 valence electrons. The maximum absolute atomic E-state index is 14.0. The van der Waals surface area contributed by atoms with E-state index in [9.17, 15) is 23.2 Å². The summed E-state index contributed by atoms with van der Waals surface area (Å²) in [5.41, 5.74) is 5.94. The maximum Gasteiger partial charge on any atom is 0.254 e. The minimum atomic E-state index is -0.722. The van der Waals surface area contributed by atoms with Gasteiger partial charge in [0.2, 0.25) is 0 Å². The molecule has 0 aliphatic heterocycles. The molecule has 0 unspecified atom stereocenters. The van der Waals surface area contributed by atoms with Crippen LogP contribution in [0.2, 0.25) is 0 Å². The van der Waals surface area contributed by atoms with Crippen molar-refractivity contribution in [3.8, 4) is 6.07 Å². The van der Waals surface area contributed by atoms with Gasteiger partial charge in [-0.3, -0.25) is 9.48 Å². The van der Waals surface area contributed by atoms with Crippen molar-refractivity contribution < 1.29 is 18.0 Å². The number of benzene rings is 1. The Morgan fingerprint density at radius 1 is 1.41 bits per heavy atom. The fraction of sp³-hybridized carbons (Fsp3) is 0.385. The average molecular weight is 514 g/mol. The van der Waals surface area contributed by atoms with E-state index in [1.54, 1.807) is 10.8 Å². The molecule has 8 nitrogen and oxygen atoms in total. The van der Waals surface area contributed by atoms with Crippen LogP contribution in [-0.4, -0.2) is 27.4 Å². The van der Waals surface area contributed by atoms with E-state index in [0.717, 1.165) is 6.07 Å². The molecular weight excluding hydrogens is 483 g/mol. The van der Waals surface area contributed by atoms with Crippen molar-refractivity contribution in [1.29, 1.82) is 5.26 Å². The van der Waals surface area contributed by atoms with Gasteiger partial charge in [-0.2, -0.15) is 14.8 Å². The number of nitrogens with zero attached hydrogens (tertiary/aromatic N) is 4. The Morgan fingerprint density at radius 2 is 2.14 bits per heavy atom. The zero-order valence-corrected chi connectivity index (χ0v) is 20.6. The number of carbonyl (C=O) groups excluding carboxylic acids is 1. The van der Waals surface area contributed by atoms with Crippen LogP contribution in [0, 0.1) is 23.0 Å². The van der Waals surface area contributed by atoms with Crippen molar-refractivity contribution in [2.75, 3.05) is 0 Å². The van der Waals surface area contributed by atoms with Gasteiger partial charge in [0.25, 0.3) is 5.91 Å². The Balaban J connectivity index is 1.79. The van der Waals surface area contributed by atoms with Gasteiger partial charge in [0.15, 0.2) is 11.8 Å². The number of aromatic nitrogens is 2. The first-order valence-corrected chi connectivity index (χ1v) is 12.0.